The Hall–Kier alpha value is 0.0400. The van der Waals surface area contributed by atoms with Gasteiger partial charge in [-0.1, -0.05) is 132 Å². The second kappa shape index (κ2) is 36.1. The van der Waals surface area contributed by atoms with Crippen LogP contribution in [-0.2, 0) is 28.5 Å². The van der Waals surface area contributed by atoms with Gasteiger partial charge >= 0.3 is 5.97 Å². The quantitative estimate of drug-likeness (QED) is 0.0295. The molecule has 0 amide bonds. The van der Waals surface area contributed by atoms with Gasteiger partial charge in [0.15, 0.2) is 0 Å². The highest BCUT2D eigenvalue weighted by atomic mass is 127. The highest BCUT2D eigenvalue weighted by Crippen LogP contribution is 2.13. The molecule has 0 heterocycles. The van der Waals surface area contributed by atoms with Gasteiger partial charge in [0, 0.05) is 13.0 Å². The van der Waals surface area contributed by atoms with Crippen molar-refractivity contribution >= 4 is 28.6 Å². The number of alkyl halides is 1. The summed E-state index contributed by atoms with van der Waals surface area (Å²) in [4.78, 5) is 11.8. The Kier molecular flexibility index (Phi) is 36.1. The van der Waals surface area contributed by atoms with Crippen LogP contribution in [0.1, 0.15) is 135 Å². The highest BCUT2D eigenvalue weighted by molar-refractivity contribution is 14.1. The minimum absolute atomic E-state index is 0.109. The number of ether oxygens (including phenoxy) is 5. The van der Waals surface area contributed by atoms with Crippen LogP contribution < -0.4 is 0 Å². The van der Waals surface area contributed by atoms with Gasteiger partial charge in [-0.25, -0.2) is 0 Å². The number of unbranched alkanes of at least 4 members (excludes halogenated alkanes) is 17. The molecule has 0 aliphatic rings. The topological polar surface area (TPSA) is 63.2 Å². The molecule has 0 N–H and O–H groups in total. The lowest BCUT2D eigenvalue weighted by atomic mass is 10.0. The predicted octanol–water partition coefficient (Wildman–Crippen LogP) is 8.85. The third kappa shape index (κ3) is 36.0. The van der Waals surface area contributed by atoms with Gasteiger partial charge in [-0.3, -0.25) is 4.79 Å². The smallest absolute Gasteiger partial charge is 0.305 e. The van der Waals surface area contributed by atoms with E-state index in [-0.39, 0.29) is 5.97 Å². The van der Waals surface area contributed by atoms with Crippen LogP contribution in [0.25, 0.3) is 0 Å². The summed E-state index contributed by atoms with van der Waals surface area (Å²) in [6.45, 7) is 7.22. The number of carbonyl (C=O) groups excluding carboxylic acids is 1. The minimum atomic E-state index is -0.109. The first-order valence-corrected chi connectivity index (χ1v) is 17.9. The molecule has 0 radical (unpaired) electrons. The molecule has 6 nitrogen and oxygen atoms in total. The predicted molar refractivity (Wildman–Crippen MR) is 171 cm³/mol. The van der Waals surface area contributed by atoms with E-state index >= 15 is 0 Å². The molecule has 234 valence electrons. The van der Waals surface area contributed by atoms with Crippen molar-refractivity contribution < 1.29 is 28.5 Å². The molecule has 0 saturated heterocycles. The van der Waals surface area contributed by atoms with Gasteiger partial charge in [0.1, 0.15) is 6.61 Å². The third-order valence-electron chi connectivity index (χ3n) is 6.76. The minimum Gasteiger partial charge on any atom is -0.463 e. The SMILES string of the molecule is CCCCCCCCCCCCCCCCCC(=O)OCCOCCOCCOCCOCCCCCCI. The summed E-state index contributed by atoms with van der Waals surface area (Å²) < 4.78 is 28.5. The van der Waals surface area contributed by atoms with Crippen molar-refractivity contribution in [2.24, 2.45) is 0 Å². The molecule has 0 aromatic rings. The summed E-state index contributed by atoms with van der Waals surface area (Å²) in [5.41, 5.74) is 0. The van der Waals surface area contributed by atoms with Crippen LogP contribution in [-0.4, -0.2) is 69.9 Å². The first-order chi connectivity index (χ1) is 19.3. The van der Waals surface area contributed by atoms with Gasteiger partial charge in [0.2, 0.25) is 0 Å². The molecule has 0 atom stereocenters. The zero-order valence-electron chi connectivity index (χ0n) is 25.5. The van der Waals surface area contributed by atoms with Crippen LogP contribution in [0, 0.1) is 0 Å². The average Bonchev–Trinajstić information content (AvgIpc) is 2.94. The molecule has 0 aromatic heterocycles. The summed E-state index contributed by atoms with van der Waals surface area (Å²) in [5.74, 6) is -0.109. The van der Waals surface area contributed by atoms with Gasteiger partial charge in [0.25, 0.3) is 0 Å². The molecule has 0 aliphatic carbocycles. The van der Waals surface area contributed by atoms with Crippen LogP contribution >= 0.6 is 22.6 Å². The van der Waals surface area contributed by atoms with Crippen LogP contribution in [0.3, 0.4) is 0 Å². The second-order valence-corrected chi connectivity index (χ2v) is 11.6. The summed E-state index contributed by atoms with van der Waals surface area (Å²) >= 11 is 2.42. The number of carbonyl (C=O) groups is 1. The van der Waals surface area contributed by atoms with E-state index in [2.05, 4.69) is 29.5 Å². The lowest BCUT2D eigenvalue weighted by Gasteiger charge is -2.08. The van der Waals surface area contributed by atoms with Crippen LogP contribution in [0.15, 0.2) is 0 Å². The molecule has 0 rings (SSSR count). The molecular formula is C32H63IO6. The van der Waals surface area contributed by atoms with Crippen molar-refractivity contribution in [3.8, 4) is 0 Å². The number of hydrogen-bond donors (Lipinski definition) is 0. The van der Waals surface area contributed by atoms with E-state index in [1.165, 1.54) is 107 Å². The molecular weight excluding hydrogens is 607 g/mol. The fourth-order valence-corrected chi connectivity index (χ4v) is 4.88. The van der Waals surface area contributed by atoms with E-state index in [0.717, 1.165) is 25.9 Å². The number of esters is 1. The maximum absolute atomic E-state index is 11.8. The molecule has 0 saturated carbocycles. The zero-order chi connectivity index (χ0) is 28.3. The van der Waals surface area contributed by atoms with E-state index < -0.39 is 0 Å². The van der Waals surface area contributed by atoms with Crippen molar-refractivity contribution in [3.63, 3.8) is 0 Å². The zero-order valence-corrected chi connectivity index (χ0v) is 27.7. The highest BCUT2D eigenvalue weighted by Gasteiger charge is 2.03. The van der Waals surface area contributed by atoms with E-state index in [1.807, 2.05) is 0 Å². The van der Waals surface area contributed by atoms with Gasteiger partial charge in [-0.2, -0.15) is 0 Å². The summed E-state index contributed by atoms with van der Waals surface area (Å²) in [7, 11) is 0. The second-order valence-electron chi connectivity index (χ2n) is 10.5. The van der Waals surface area contributed by atoms with Crippen LogP contribution in [0.5, 0.6) is 0 Å². The number of halogens is 1. The Morgan fingerprint density at radius 2 is 0.795 bits per heavy atom. The van der Waals surface area contributed by atoms with E-state index in [0.29, 0.717) is 59.3 Å². The molecule has 0 aliphatic heterocycles. The summed E-state index contributed by atoms with van der Waals surface area (Å²) in [6, 6.07) is 0. The van der Waals surface area contributed by atoms with Gasteiger partial charge in [-0.05, 0) is 23.7 Å². The van der Waals surface area contributed by atoms with Crippen molar-refractivity contribution in [2.75, 3.05) is 63.9 Å². The first kappa shape index (κ1) is 39.0. The monoisotopic (exact) mass is 670 g/mol. The number of hydrogen-bond acceptors (Lipinski definition) is 6. The molecule has 7 heteroatoms. The van der Waals surface area contributed by atoms with Crippen molar-refractivity contribution in [1.29, 1.82) is 0 Å². The largest absolute Gasteiger partial charge is 0.463 e. The van der Waals surface area contributed by atoms with Gasteiger partial charge in [0.05, 0.1) is 46.2 Å². The van der Waals surface area contributed by atoms with E-state index in [1.54, 1.807) is 0 Å². The Labute approximate surface area is 255 Å². The van der Waals surface area contributed by atoms with Crippen molar-refractivity contribution in [2.45, 2.75) is 135 Å². The van der Waals surface area contributed by atoms with Crippen LogP contribution in [0.4, 0.5) is 0 Å². The summed E-state index contributed by atoms with van der Waals surface area (Å²) in [5, 5.41) is 0. The summed E-state index contributed by atoms with van der Waals surface area (Å²) in [6.07, 6.45) is 25.4. The third-order valence-corrected chi connectivity index (χ3v) is 7.53. The molecule has 39 heavy (non-hydrogen) atoms. The fourth-order valence-electron chi connectivity index (χ4n) is 4.34. The molecule has 0 bridgehead atoms. The Balaban J connectivity index is 3.14. The van der Waals surface area contributed by atoms with E-state index in [9.17, 15) is 4.79 Å². The first-order valence-electron chi connectivity index (χ1n) is 16.3. The normalized spacial score (nSPS) is 11.3. The van der Waals surface area contributed by atoms with Crippen LogP contribution in [0.2, 0.25) is 0 Å². The Morgan fingerprint density at radius 1 is 0.436 bits per heavy atom. The Morgan fingerprint density at radius 3 is 1.26 bits per heavy atom. The maximum atomic E-state index is 11.8. The van der Waals surface area contributed by atoms with E-state index in [4.69, 9.17) is 23.7 Å². The molecule has 0 unspecified atom stereocenters. The van der Waals surface area contributed by atoms with Crippen molar-refractivity contribution in [3.05, 3.63) is 0 Å². The van der Waals surface area contributed by atoms with Crippen molar-refractivity contribution in [1.82, 2.24) is 0 Å². The van der Waals surface area contributed by atoms with Gasteiger partial charge < -0.3 is 23.7 Å². The molecule has 0 aromatic carbocycles. The lowest BCUT2D eigenvalue weighted by molar-refractivity contribution is -0.145. The Bertz CT molecular complexity index is 466. The molecule has 0 spiro atoms. The fraction of sp³-hybridized carbons (Fsp3) is 0.969. The average molecular weight is 671 g/mol. The molecule has 0 fully saturated rings. The number of rotatable bonds is 34. The van der Waals surface area contributed by atoms with Gasteiger partial charge in [-0.15, -0.1) is 0 Å². The lowest BCUT2D eigenvalue weighted by Crippen LogP contribution is -2.14. The standard InChI is InChI=1S/C32H63IO6/c1-2-3-4-5-6-7-8-9-10-11-12-13-14-15-18-21-32(34)39-31-30-38-29-28-37-27-26-36-25-24-35-23-20-17-16-19-22-33/h2-31H2,1H3. The maximum Gasteiger partial charge on any atom is 0.305 e.